The van der Waals surface area contributed by atoms with Crippen LogP contribution < -0.4 is 5.32 Å². The average molecular weight is 299 g/mol. The van der Waals surface area contributed by atoms with Crippen LogP contribution in [0.15, 0.2) is 22.8 Å². The largest absolute Gasteiger partial charge is 0.391 e. The summed E-state index contributed by atoms with van der Waals surface area (Å²) in [4.78, 5) is 16.0. The summed E-state index contributed by atoms with van der Waals surface area (Å²) < 4.78 is 0.669. The van der Waals surface area contributed by atoms with Gasteiger partial charge in [0.15, 0.2) is 0 Å². The van der Waals surface area contributed by atoms with Crippen LogP contribution in [0.5, 0.6) is 0 Å². The number of hydrogen-bond donors (Lipinski definition) is 2. The van der Waals surface area contributed by atoms with E-state index in [1.165, 1.54) is 0 Å². The van der Waals surface area contributed by atoms with E-state index in [1.54, 1.807) is 18.3 Å². The van der Waals surface area contributed by atoms with E-state index in [1.807, 2.05) is 0 Å². The molecule has 1 aromatic heterocycles. The highest BCUT2D eigenvalue weighted by Crippen LogP contribution is 2.19. The third-order valence-corrected chi connectivity index (χ3v) is 3.66. The van der Waals surface area contributed by atoms with E-state index in [9.17, 15) is 9.90 Å². The fourth-order valence-electron chi connectivity index (χ4n) is 2.07. The lowest BCUT2D eigenvalue weighted by molar-refractivity contribution is 0.0713. The van der Waals surface area contributed by atoms with E-state index >= 15 is 0 Å². The minimum Gasteiger partial charge on any atom is -0.391 e. The van der Waals surface area contributed by atoms with Gasteiger partial charge >= 0.3 is 0 Å². The SMILES string of the molecule is O=C(NC1CCCCC1O)c1ncccc1Br. The zero-order valence-electron chi connectivity index (χ0n) is 9.40. The molecule has 5 heteroatoms. The molecule has 0 aliphatic heterocycles. The Morgan fingerprint density at radius 2 is 2.24 bits per heavy atom. The molecule has 2 unspecified atom stereocenters. The molecule has 1 amide bonds. The first kappa shape index (κ1) is 12.5. The molecule has 0 radical (unpaired) electrons. The Morgan fingerprint density at radius 1 is 1.47 bits per heavy atom. The third-order valence-electron chi connectivity index (χ3n) is 3.02. The van der Waals surface area contributed by atoms with Crippen molar-refractivity contribution in [3.05, 3.63) is 28.5 Å². The van der Waals surface area contributed by atoms with Crippen molar-refractivity contribution in [2.24, 2.45) is 0 Å². The Balaban J connectivity index is 2.04. The van der Waals surface area contributed by atoms with Crippen LogP contribution in [-0.4, -0.2) is 28.1 Å². The van der Waals surface area contributed by atoms with Crippen LogP contribution in [0.2, 0.25) is 0 Å². The second-order valence-electron chi connectivity index (χ2n) is 4.27. The number of hydrogen-bond acceptors (Lipinski definition) is 3. The quantitative estimate of drug-likeness (QED) is 0.876. The number of aliphatic hydroxyl groups is 1. The summed E-state index contributed by atoms with van der Waals surface area (Å²) in [5.74, 6) is -0.233. The van der Waals surface area contributed by atoms with E-state index in [4.69, 9.17) is 0 Å². The van der Waals surface area contributed by atoms with Crippen molar-refractivity contribution in [3.8, 4) is 0 Å². The van der Waals surface area contributed by atoms with E-state index in [0.29, 0.717) is 10.2 Å². The molecule has 1 saturated carbocycles. The van der Waals surface area contributed by atoms with Gasteiger partial charge in [0.1, 0.15) is 5.69 Å². The first-order valence-electron chi connectivity index (χ1n) is 5.78. The van der Waals surface area contributed by atoms with Crippen molar-refractivity contribution in [1.82, 2.24) is 10.3 Å². The zero-order chi connectivity index (χ0) is 12.3. The predicted molar refractivity (Wildman–Crippen MR) is 67.7 cm³/mol. The summed E-state index contributed by atoms with van der Waals surface area (Å²) in [6.07, 6.45) is 4.81. The highest BCUT2D eigenvalue weighted by atomic mass is 79.9. The molecule has 0 bridgehead atoms. The molecule has 2 rings (SSSR count). The summed E-state index contributed by atoms with van der Waals surface area (Å²) in [6, 6.07) is 3.39. The summed E-state index contributed by atoms with van der Waals surface area (Å²) >= 11 is 3.29. The summed E-state index contributed by atoms with van der Waals surface area (Å²) in [5, 5.41) is 12.6. The van der Waals surface area contributed by atoms with Crippen LogP contribution in [0, 0.1) is 0 Å². The van der Waals surface area contributed by atoms with Gasteiger partial charge < -0.3 is 10.4 Å². The van der Waals surface area contributed by atoms with E-state index in [2.05, 4.69) is 26.2 Å². The van der Waals surface area contributed by atoms with Crippen molar-refractivity contribution in [3.63, 3.8) is 0 Å². The van der Waals surface area contributed by atoms with Gasteiger partial charge in [0.2, 0.25) is 0 Å². The van der Waals surface area contributed by atoms with Gasteiger partial charge in [-0.3, -0.25) is 4.79 Å². The number of rotatable bonds is 2. The van der Waals surface area contributed by atoms with Crippen LogP contribution >= 0.6 is 15.9 Å². The Labute approximate surface area is 109 Å². The number of carbonyl (C=O) groups is 1. The Bertz CT molecular complexity index is 411. The van der Waals surface area contributed by atoms with E-state index in [-0.39, 0.29) is 11.9 Å². The lowest BCUT2D eigenvalue weighted by atomic mass is 9.92. The summed E-state index contributed by atoms with van der Waals surface area (Å²) in [6.45, 7) is 0. The van der Waals surface area contributed by atoms with Crippen molar-refractivity contribution < 1.29 is 9.90 Å². The molecule has 0 spiro atoms. The Morgan fingerprint density at radius 3 is 2.94 bits per heavy atom. The minimum absolute atomic E-state index is 0.148. The Hall–Kier alpha value is -0.940. The second kappa shape index (κ2) is 5.60. The summed E-state index contributed by atoms with van der Waals surface area (Å²) in [5.41, 5.74) is 0.366. The number of nitrogens with one attached hydrogen (secondary N) is 1. The molecule has 1 aliphatic carbocycles. The van der Waals surface area contributed by atoms with Gasteiger partial charge in [-0.05, 0) is 40.9 Å². The van der Waals surface area contributed by atoms with Crippen molar-refractivity contribution in [2.75, 3.05) is 0 Å². The number of carbonyl (C=O) groups excluding carboxylic acids is 1. The number of nitrogens with zero attached hydrogens (tertiary/aromatic N) is 1. The van der Waals surface area contributed by atoms with Gasteiger partial charge in [0.05, 0.1) is 12.1 Å². The number of amides is 1. The van der Waals surface area contributed by atoms with Crippen molar-refractivity contribution in [2.45, 2.75) is 37.8 Å². The third kappa shape index (κ3) is 3.04. The second-order valence-corrected chi connectivity index (χ2v) is 5.12. The van der Waals surface area contributed by atoms with Gasteiger partial charge in [-0.1, -0.05) is 12.8 Å². The van der Waals surface area contributed by atoms with Crippen LogP contribution in [-0.2, 0) is 0 Å². The topological polar surface area (TPSA) is 62.2 Å². The number of aromatic nitrogens is 1. The average Bonchev–Trinajstić information content (AvgIpc) is 2.32. The standard InChI is InChI=1S/C12H15BrN2O2/c13-8-4-3-7-14-11(8)12(17)15-9-5-1-2-6-10(9)16/h3-4,7,9-10,16H,1-2,5-6H2,(H,15,17). The van der Waals surface area contributed by atoms with Gasteiger partial charge in [0, 0.05) is 10.7 Å². The van der Waals surface area contributed by atoms with Gasteiger partial charge in [-0.2, -0.15) is 0 Å². The van der Waals surface area contributed by atoms with E-state index < -0.39 is 6.10 Å². The molecule has 2 atom stereocenters. The predicted octanol–water partition coefficient (Wildman–Crippen LogP) is 1.88. The zero-order valence-corrected chi connectivity index (χ0v) is 11.0. The molecule has 92 valence electrons. The lowest BCUT2D eigenvalue weighted by Gasteiger charge is -2.28. The molecule has 1 heterocycles. The molecule has 4 nitrogen and oxygen atoms in total. The monoisotopic (exact) mass is 298 g/mol. The maximum atomic E-state index is 12.0. The maximum Gasteiger partial charge on any atom is 0.271 e. The first-order chi connectivity index (χ1) is 8.18. The van der Waals surface area contributed by atoms with Gasteiger partial charge in [-0.15, -0.1) is 0 Å². The Kier molecular flexibility index (Phi) is 4.12. The molecule has 17 heavy (non-hydrogen) atoms. The molecule has 0 saturated heterocycles. The van der Waals surface area contributed by atoms with Crippen molar-refractivity contribution in [1.29, 1.82) is 0 Å². The van der Waals surface area contributed by atoms with Gasteiger partial charge in [0.25, 0.3) is 5.91 Å². The molecule has 1 aromatic rings. The lowest BCUT2D eigenvalue weighted by Crippen LogP contribution is -2.45. The fraction of sp³-hybridized carbons (Fsp3) is 0.500. The fourth-order valence-corrected chi connectivity index (χ4v) is 2.50. The smallest absolute Gasteiger partial charge is 0.271 e. The van der Waals surface area contributed by atoms with Crippen LogP contribution in [0.4, 0.5) is 0 Å². The summed E-state index contributed by atoms with van der Waals surface area (Å²) in [7, 11) is 0. The highest BCUT2D eigenvalue weighted by Gasteiger charge is 2.25. The minimum atomic E-state index is -0.435. The maximum absolute atomic E-state index is 12.0. The molecular formula is C12H15BrN2O2. The van der Waals surface area contributed by atoms with E-state index in [0.717, 1.165) is 25.7 Å². The number of pyridine rings is 1. The molecule has 2 N–H and O–H groups in total. The first-order valence-corrected chi connectivity index (χ1v) is 6.57. The van der Waals surface area contributed by atoms with Crippen LogP contribution in [0.3, 0.4) is 0 Å². The van der Waals surface area contributed by atoms with Crippen LogP contribution in [0.1, 0.15) is 36.2 Å². The molecular weight excluding hydrogens is 284 g/mol. The molecule has 0 aromatic carbocycles. The molecule has 1 fully saturated rings. The van der Waals surface area contributed by atoms with Gasteiger partial charge in [-0.25, -0.2) is 4.98 Å². The highest BCUT2D eigenvalue weighted by molar-refractivity contribution is 9.10. The van der Waals surface area contributed by atoms with Crippen LogP contribution in [0.25, 0.3) is 0 Å². The normalized spacial score (nSPS) is 24.4. The van der Waals surface area contributed by atoms with Crippen molar-refractivity contribution >= 4 is 21.8 Å². The molecule has 1 aliphatic rings. The number of halogens is 1. The number of aliphatic hydroxyl groups excluding tert-OH is 1.